The van der Waals surface area contributed by atoms with E-state index in [1.54, 1.807) is 25.1 Å². The average molecular weight is 288 g/mol. The van der Waals surface area contributed by atoms with Crippen LogP contribution in [0.3, 0.4) is 0 Å². The maximum atomic E-state index is 11.8. The molecule has 0 bridgehead atoms. The summed E-state index contributed by atoms with van der Waals surface area (Å²) < 4.78 is 4.84. The van der Waals surface area contributed by atoms with Crippen LogP contribution in [0.1, 0.15) is 33.3 Å². The van der Waals surface area contributed by atoms with Gasteiger partial charge in [0.15, 0.2) is 0 Å². The summed E-state index contributed by atoms with van der Waals surface area (Å²) in [6.45, 7) is 8.24. The van der Waals surface area contributed by atoms with Crippen molar-refractivity contribution >= 4 is 22.7 Å². The van der Waals surface area contributed by atoms with Crippen LogP contribution in [-0.4, -0.2) is 17.7 Å². The third-order valence-corrected chi connectivity index (χ3v) is 3.17. The highest BCUT2D eigenvalue weighted by Gasteiger charge is 2.18. The van der Waals surface area contributed by atoms with Crippen molar-refractivity contribution < 1.29 is 9.53 Å². The Morgan fingerprint density at radius 2 is 2.00 bits per heavy atom. The van der Waals surface area contributed by atoms with Crippen molar-refractivity contribution in [2.24, 2.45) is 0 Å². The average Bonchev–Trinajstić information content (AvgIpc) is 2.36. The first-order chi connectivity index (χ1) is 9.81. The molecular weight excluding hydrogens is 268 g/mol. The van der Waals surface area contributed by atoms with Gasteiger partial charge in [-0.2, -0.15) is 0 Å². The van der Waals surface area contributed by atoms with Gasteiger partial charge in [-0.1, -0.05) is 26.8 Å². The summed E-state index contributed by atoms with van der Waals surface area (Å²) in [4.78, 5) is 26.1. The number of carbonyl (C=O) groups excluding carboxylic acids is 1. The van der Waals surface area contributed by atoms with Gasteiger partial charge in [0.05, 0.1) is 12.1 Å². The normalized spacial score (nSPS) is 11.4. The number of nitrogens with one attached hydrogen (secondary N) is 2. The van der Waals surface area contributed by atoms with Crippen LogP contribution >= 0.6 is 0 Å². The molecule has 0 atom stereocenters. The number of ether oxygens (including phenoxy) is 1. The Morgan fingerprint density at radius 1 is 1.29 bits per heavy atom. The molecule has 0 spiro atoms. The number of carbonyl (C=O) groups is 1. The van der Waals surface area contributed by atoms with Crippen LogP contribution < -0.4 is 10.9 Å². The van der Waals surface area contributed by atoms with E-state index in [0.29, 0.717) is 17.8 Å². The first kappa shape index (κ1) is 15.1. The van der Waals surface area contributed by atoms with Gasteiger partial charge in [-0.25, -0.2) is 4.79 Å². The van der Waals surface area contributed by atoms with Gasteiger partial charge in [0, 0.05) is 17.1 Å². The Hall–Kier alpha value is -2.30. The number of hydrogen-bond acceptors (Lipinski definition) is 3. The van der Waals surface area contributed by atoms with Crippen molar-refractivity contribution in [1.29, 1.82) is 0 Å². The molecule has 0 aliphatic carbocycles. The van der Waals surface area contributed by atoms with Crippen LogP contribution in [0.5, 0.6) is 0 Å². The number of benzene rings is 1. The summed E-state index contributed by atoms with van der Waals surface area (Å²) in [6.07, 6.45) is -0.508. The molecule has 5 heteroatoms. The lowest BCUT2D eigenvalue weighted by atomic mass is 9.85. The minimum Gasteiger partial charge on any atom is -0.450 e. The molecule has 2 N–H and O–H groups in total. The number of pyridine rings is 1. The second-order valence-electron chi connectivity index (χ2n) is 5.90. The van der Waals surface area contributed by atoms with Crippen LogP contribution in [0.4, 0.5) is 10.5 Å². The fourth-order valence-corrected chi connectivity index (χ4v) is 2.24. The maximum Gasteiger partial charge on any atom is 0.411 e. The quantitative estimate of drug-likeness (QED) is 0.889. The molecule has 112 valence electrons. The predicted molar refractivity (Wildman–Crippen MR) is 83.9 cm³/mol. The SMILES string of the molecule is CCOC(=O)Nc1ccc2c(C(C)(C)C)cc(=O)[nH]c2c1. The van der Waals surface area contributed by atoms with Crippen LogP contribution in [0, 0.1) is 0 Å². The zero-order valence-corrected chi connectivity index (χ0v) is 12.7. The highest BCUT2D eigenvalue weighted by atomic mass is 16.5. The second-order valence-corrected chi connectivity index (χ2v) is 5.90. The van der Waals surface area contributed by atoms with Crippen LogP contribution in [-0.2, 0) is 10.2 Å². The molecule has 0 aliphatic rings. The van der Waals surface area contributed by atoms with Crippen LogP contribution in [0.25, 0.3) is 10.9 Å². The lowest BCUT2D eigenvalue weighted by Gasteiger charge is -2.21. The van der Waals surface area contributed by atoms with Gasteiger partial charge in [-0.3, -0.25) is 10.1 Å². The number of fused-ring (bicyclic) bond motifs is 1. The fourth-order valence-electron chi connectivity index (χ4n) is 2.24. The van der Waals surface area contributed by atoms with Gasteiger partial charge in [0.1, 0.15) is 0 Å². The molecular formula is C16H20N2O3. The molecule has 2 rings (SSSR count). The summed E-state index contributed by atoms with van der Waals surface area (Å²) in [5.74, 6) is 0. The van der Waals surface area contributed by atoms with E-state index in [-0.39, 0.29) is 11.0 Å². The summed E-state index contributed by atoms with van der Waals surface area (Å²) in [5.41, 5.74) is 1.97. The van der Waals surface area contributed by atoms with Crippen molar-refractivity contribution in [2.75, 3.05) is 11.9 Å². The molecule has 0 unspecified atom stereocenters. The Kier molecular flexibility index (Phi) is 4.02. The smallest absolute Gasteiger partial charge is 0.411 e. The predicted octanol–water partition coefficient (Wildman–Crippen LogP) is 3.39. The standard InChI is InChI=1S/C16H20N2O3/c1-5-21-15(20)17-10-6-7-11-12(16(2,3)4)9-14(19)18-13(11)8-10/h6-9H,5H2,1-4H3,(H,17,20)(H,18,19). The zero-order chi connectivity index (χ0) is 15.6. The molecule has 0 aliphatic heterocycles. The van der Waals surface area contributed by atoms with E-state index in [2.05, 4.69) is 31.1 Å². The first-order valence-corrected chi connectivity index (χ1v) is 6.92. The van der Waals surface area contributed by atoms with Gasteiger partial charge in [0.25, 0.3) is 0 Å². The van der Waals surface area contributed by atoms with E-state index < -0.39 is 6.09 Å². The van der Waals surface area contributed by atoms with Gasteiger partial charge in [0.2, 0.25) is 5.56 Å². The van der Waals surface area contributed by atoms with Gasteiger partial charge in [-0.05, 0) is 30.0 Å². The van der Waals surface area contributed by atoms with Crippen molar-refractivity contribution in [3.8, 4) is 0 Å². The zero-order valence-electron chi connectivity index (χ0n) is 12.7. The molecule has 2 aromatic rings. The second kappa shape index (κ2) is 5.60. The highest BCUT2D eigenvalue weighted by molar-refractivity contribution is 5.91. The fraction of sp³-hybridized carbons (Fsp3) is 0.375. The summed E-state index contributed by atoms with van der Waals surface area (Å²) in [5, 5.41) is 3.60. The van der Waals surface area contributed by atoms with E-state index >= 15 is 0 Å². The Morgan fingerprint density at radius 3 is 2.62 bits per heavy atom. The largest absolute Gasteiger partial charge is 0.450 e. The number of H-pyrrole nitrogens is 1. The van der Waals surface area contributed by atoms with Crippen molar-refractivity contribution in [1.82, 2.24) is 4.98 Å². The minimum absolute atomic E-state index is 0.136. The number of aromatic amines is 1. The van der Waals surface area contributed by atoms with Crippen LogP contribution in [0.2, 0.25) is 0 Å². The van der Waals surface area contributed by atoms with E-state index in [1.807, 2.05) is 6.07 Å². The number of rotatable bonds is 2. The highest BCUT2D eigenvalue weighted by Crippen LogP contribution is 2.29. The lowest BCUT2D eigenvalue weighted by Crippen LogP contribution is -2.17. The van der Waals surface area contributed by atoms with E-state index in [1.165, 1.54) is 0 Å². The molecule has 1 aromatic carbocycles. The van der Waals surface area contributed by atoms with Crippen molar-refractivity contribution in [2.45, 2.75) is 33.1 Å². The van der Waals surface area contributed by atoms with Crippen molar-refractivity contribution in [3.63, 3.8) is 0 Å². The molecule has 1 amide bonds. The van der Waals surface area contributed by atoms with Crippen LogP contribution in [0.15, 0.2) is 29.1 Å². The third-order valence-electron chi connectivity index (χ3n) is 3.17. The monoisotopic (exact) mass is 288 g/mol. The summed E-state index contributed by atoms with van der Waals surface area (Å²) >= 11 is 0. The molecule has 0 saturated heterocycles. The molecule has 5 nitrogen and oxygen atoms in total. The molecule has 1 heterocycles. The Labute approximate surface area is 123 Å². The maximum absolute atomic E-state index is 11.8. The lowest BCUT2D eigenvalue weighted by molar-refractivity contribution is 0.168. The first-order valence-electron chi connectivity index (χ1n) is 6.92. The van der Waals surface area contributed by atoms with Gasteiger partial charge in [-0.15, -0.1) is 0 Å². The minimum atomic E-state index is -0.508. The molecule has 0 saturated carbocycles. The number of hydrogen-bond donors (Lipinski definition) is 2. The third kappa shape index (κ3) is 3.42. The molecule has 0 fully saturated rings. The number of amides is 1. The topological polar surface area (TPSA) is 71.2 Å². The molecule has 0 radical (unpaired) electrons. The van der Waals surface area contributed by atoms with Gasteiger partial charge >= 0.3 is 6.09 Å². The van der Waals surface area contributed by atoms with Crippen molar-refractivity contribution in [3.05, 3.63) is 40.2 Å². The number of anilines is 1. The van der Waals surface area contributed by atoms with E-state index in [9.17, 15) is 9.59 Å². The van der Waals surface area contributed by atoms with E-state index in [0.717, 1.165) is 10.9 Å². The van der Waals surface area contributed by atoms with E-state index in [4.69, 9.17) is 4.74 Å². The summed E-state index contributed by atoms with van der Waals surface area (Å²) in [6, 6.07) is 7.06. The molecule has 1 aromatic heterocycles. The number of aromatic nitrogens is 1. The summed E-state index contributed by atoms with van der Waals surface area (Å²) in [7, 11) is 0. The van der Waals surface area contributed by atoms with Gasteiger partial charge < -0.3 is 9.72 Å². The molecule has 21 heavy (non-hydrogen) atoms. The Balaban J connectivity index is 2.49. The Bertz CT molecular complexity index is 726.